The summed E-state index contributed by atoms with van der Waals surface area (Å²) in [7, 11) is 3.19. The first-order chi connectivity index (χ1) is 6.22. The van der Waals surface area contributed by atoms with Gasteiger partial charge in [0.2, 0.25) is 5.88 Å². The standard InChI is InChI=1S/C9H14N2O2/c1-6-8(12-2)4-7(5-10)11-9(6)13-3/h4H,5,10H2,1-3H3. The number of pyridine rings is 1. The van der Waals surface area contributed by atoms with E-state index in [-0.39, 0.29) is 0 Å². The summed E-state index contributed by atoms with van der Waals surface area (Å²) in [6.45, 7) is 2.28. The molecule has 4 nitrogen and oxygen atoms in total. The third kappa shape index (κ3) is 1.89. The molecule has 0 aliphatic rings. The molecule has 2 N–H and O–H groups in total. The minimum atomic E-state index is 0.382. The van der Waals surface area contributed by atoms with Crippen LogP contribution in [0, 0.1) is 6.92 Å². The number of nitrogens with two attached hydrogens (primary N) is 1. The van der Waals surface area contributed by atoms with Crippen LogP contribution in [0.2, 0.25) is 0 Å². The second-order valence-corrected chi connectivity index (χ2v) is 2.65. The van der Waals surface area contributed by atoms with E-state index >= 15 is 0 Å². The predicted octanol–water partition coefficient (Wildman–Crippen LogP) is 0.866. The van der Waals surface area contributed by atoms with Gasteiger partial charge in [0, 0.05) is 12.6 Å². The van der Waals surface area contributed by atoms with Crippen LogP contribution in [0.1, 0.15) is 11.3 Å². The molecule has 0 aliphatic heterocycles. The van der Waals surface area contributed by atoms with E-state index in [0.717, 1.165) is 17.0 Å². The second kappa shape index (κ2) is 4.09. The highest BCUT2D eigenvalue weighted by atomic mass is 16.5. The molecule has 0 radical (unpaired) electrons. The van der Waals surface area contributed by atoms with Gasteiger partial charge in [-0.05, 0) is 6.92 Å². The number of hydrogen-bond acceptors (Lipinski definition) is 4. The van der Waals surface area contributed by atoms with Crippen molar-refractivity contribution in [1.82, 2.24) is 4.98 Å². The second-order valence-electron chi connectivity index (χ2n) is 2.65. The molecule has 0 bridgehead atoms. The van der Waals surface area contributed by atoms with E-state index in [1.807, 2.05) is 13.0 Å². The smallest absolute Gasteiger partial charge is 0.220 e. The van der Waals surface area contributed by atoms with Crippen LogP contribution in [0.15, 0.2) is 6.07 Å². The van der Waals surface area contributed by atoms with E-state index in [1.54, 1.807) is 14.2 Å². The zero-order chi connectivity index (χ0) is 9.84. The van der Waals surface area contributed by atoms with Crippen LogP contribution in [0.3, 0.4) is 0 Å². The summed E-state index contributed by atoms with van der Waals surface area (Å²) >= 11 is 0. The van der Waals surface area contributed by atoms with Gasteiger partial charge in [-0.3, -0.25) is 0 Å². The fraction of sp³-hybridized carbons (Fsp3) is 0.444. The van der Waals surface area contributed by atoms with Crippen LogP contribution >= 0.6 is 0 Å². The molecule has 0 unspecified atom stereocenters. The zero-order valence-corrected chi connectivity index (χ0v) is 8.13. The molecule has 0 atom stereocenters. The van der Waals surface area contributed by atoms with Crippen molar-refractivity contribution in [2.24, 2.45) is 5.73 Å². The molecular weight excluding hydrogens is 168 g/mol. The van der Waals surface area contributed by atoms with Gasteiger partial charge in [0.1, 0.15) is 5.75 Å². The van der Waals surface area contributed by atoms with Gasteiger partial charge >= 0.3 is 0 Å². The summed E-state index contributed by atoms with van der Waals surface area (Å²) in [5.41, 5.74) is 7.13. The van der Waals surface area contributed by atoms with E-state index in [0.29, 0.717) is 12.4 Å². The molecular formula is C9H14N2O2. The Labute approximate surface area is 77.7 Å². The minimum absolute atomic E-state index is 0.382. The highest BCUT2D eigenvalue weighted by Gasteiger charge is 2.08. The van der Waals surface area contributed by atoms with Gasteiger partial charge < -0.3 is 15.2 Å². The van der Waals surface area contributed by atoms with Crippen LogP contribution in [0.4, 0.5) is 0 Å². The van der Waals surface area contributed by atoms with Gasteiger partial charge in [0.25, 0.3) is 0 Å². The minimum Gasteiger partial charge on any atom is -0.496 e. The van der Waals surface area contributed by atoms with E-state index in [4.69, 9.17) is 15.2 Å². The largest absolute Gasteiger partial charge is 0.496 e. The number of aromatic nitrogens is 1. The fourth-order valence-electron chi connectivity index (χ4n) is 1.13. The fourth-order valence-corrected chi connectivity index (χ4v) is 1.13. The molecule has 4 heteroatoms. The average molecular weight is 182 g/mol. The molecule has 0 aliphatic carbocycles. The molecule has 0 saturated heterocycles. The maximum atomic E-state index is 5.47. The molecule has 13 heavy (non-hydrogen) atoms. The van der Waals surface area contributed by atoms with Crippen molar-refractivity contribution in [1.29, 1.82) is 0 Å². The predicted molar refractivity (Wildman–Crippen MR) is 50.0 cm³/mol. The van der Waals surface area contributed by atoms with Gasteiger partial charge in [-0.25, -0.2) is 4.98 Å². The molecule has 1 aromatic heterocycles. The third-order valence-corrected chi connectivity index (χ3v) is 1.86. The SMILES string of the molecule is COc1cc(CN)nc(OC)c1C. The monoisotopic (exact) mass is 182 g/mol. The van der Waals surface area contributed by atoms with Crippen LogP contribution in [-0.4, -0.2) is 19.2 Å². The van der Waals surface area contributed by atoms with Crippen LogP contribution < -0.4 is 15.2 Å². The maximum Gasteiger partial charge on any atom is 0.220 e. The molecule has 72 valence electrons. The summed E-state index contributed by atoms with van der Waals surface area (Å²) in [5.74, 6) is 1.33. The Morgan fingerprint density at radius 2 is 2.08 bits per heavy atom. The average Bonchev–Trinajstić information content (AvgIpc) is 2.18. The topological polar surface area (TPSA) is 57.4 Å². The lowest BCUT2D eigenvalue weighted by Gasteiger charge is -2.10. The summed E-state index contributed by atoms with van der Waals surface area (Å²) in [5, 5.41) is 0. The van der Waals surface area contributed by atoms with E-state index in [2.05, 4.69) is 4.98 Å². The highest BCUT2D eigenvalue weighted by Crippen LogP contribution is 2.25. The quantitative estimate of drug-likeness (QED) is 0.753. The summed E-state index contributed by atoms with van der Waals surface area (Å²) in [6, 6.07) is 1.82. The van der Waals surface area contributed by atoms with Crippen LogP contribution in [0.5, 0.6) is 11.6 Å². The Kier molecular flexibility index (Phi) is 3.08. The van der Waals surface area contributed by atoms with Crippen molar-refractivity contribution < 1.29 is 9.47 Å². The van der Waals surface area contributed by atoms with Crippen LogP contribution in [-0.2, 0) is 6.54 Å². The summed E-state index contributed by atoms with van der Waals surface area (Å²) in [6.07, 6.45) is 0. The zero-order valence-electron chi connectivity index (χ0n) is 8.13. The Balaban J connectivity index is 3.20. The third-order valence-electron chi connectivity index (χ3n) is 1.86. The van der Waals surface area contributed by atoms with Crippen molar-refractivity contribution in [2.75, 3.05) is 14.2 Å². The molecule has 1 rings (SSSR count). The van der Waals surface area contributed by atoms with Gasteiger partial charge in [-0.1, -0.05) is 0 Å². The molecule has 1 heterocycles. The van der Waals surface area contributed by atoms with E-state index < -0.39 is 0 Å². The summed E-state index contributed by atoms with van der Waals surface area (Å²) in [4.78, 5) is 4.19. The Morgan fingerprint density at radius 1 is 1.38 bits per heavy atom. The number of methoxy groups -OCH3 is 2. The van der Waals surface area contributed by atoms with Crippen molar-refractivity contribution in [3.63, 3.8) is 0 Å². The van der Waals surface area contributed by atoms with Gasteiger partial charge in [-0.15, -0.1) is 0 Å². The highest BCUT2D eigenvalue weighted by molar-refractivity contribution is 5.40. The lowest BCUT2D eigenvalue weighted by atomic mass is 10.2. The van der Waals surface area contributed by atoms with E-state index in [1.165, 1.54) is 0 Å². The molecule has 0 fully saturated rings. The molecule has 0 amide bonds. The summed E-state index contributed by atoms with van der Waals surface area (Å²) < 4.78 is 10.2. The van der Waals surface area contributed by atoms with Crippen molar-refractivity contribution >= 4 is 0 Å². The number of hydrogen-bond donors (Lipinski definition) is 1. The first kappa shape index (κ1) is 9.80. The first-order valence-electron chi connectivity index (χ1n) is 4.01. The molecule has 0 aromatic carbocycles. The van der Waals surface area contributed by atoms with Crippen molar-refractivity contribution in [2.45, 2.75) is 13.5 Å². The lowest BCUT2D eigenvalue weighted by molar-refractivity contribution is 0.375. The Bertz CT molecular complexity index is 275. The van der Waals surface area contributed by atoms with Crippen molar-refractivity contribution in [3.05, 3.63) is 17.3 Å². The van der Waals surface area contributed by atoms with Crippen molar-refractivity contribution in [3.8, 4) is 11.6 Å². The van der Waals surface area contributed by atoms with E-state index in [9.17, 15) is 0 Å². The number of nitrogens with zero attached hydrogens (tertiary/aromatic N) is 1. The molecule has 1 aromatic rings. The van der Waals surface area contributed by atoms with Crippen LogP contribution in [0.25, 0.3) is 0 Å². The number of ether oxygens (including phenoxy) is 2. The first-order valence-corrected chi connectivity index (χ1v) is 4.01. The lowest BCUT2D eigenvalue weighted by Crippen LogP contribution is -2.03. The van der Waals surface area contributed by atoms with Gasteiger partial charge in [0.15, 0.2) is 0 Å². The van der Waals surface area contributed by atoms with Gasteiger partial charge in [-0.2, -0.15) is 0 Å². The number of rotatable bonds is 3. The molecule has 0 spiro atoms. The van der Waals surface area contributed by atoms with Gasteiger partial charge in [0.05, 0.1) is 25.5 Å². The molecule has 0 saturated carbocycles. The normalized spacial score (nSPS) is 9.85. The Hall–Kier alpha value is -1.29. The maximum absolute atomic E-state index is 5.47. The Morgan fingerprint density at radius 3 is 2.54 bits per heavy atom.